The van der Waals surface area contributed by atoms with Crippen molar-refractivity contribution < 1.29 is 4.74 Å². The van der Waals surface area contributed by atoms with Crippen LogP contribution in [0, 0.1) is 13.8 Å². The fraction of sp³-hybridized carbons (Fsp3) is 0.571. The maximum atomic E-state index is 5.50. The van der Waals surface area contributed by atoms with Gasteiger partial charge in [-0.3, -0.25) is 0 Å². The van der Waals surface area contributed by atoms with Gasteiger partial charge < -0.3 is 4.74 Å². The monoisotopic (exact) mass is 206 g/mol. The Labute approximate surface area is 93.5 Å². The summed E-state index contributed by atoms with van der Waals surface area (Å²) < 4.78 is 5.50. The van der Waals surface area contributed by atoms with E-state index >= 15 is 0 Å². The molecule has 2 rings (SSSR count). The second-order valence-corrected chi connectivity index (χ2v) is 4.00. The molecule has 1 aliphatic heterocycles. The quantitative estimate of drug-likeness (QED) is 0.624. The Morgan fingerprint density at radius 2 is 1.87 bits per heavy atom. The second kappa shape index (κ2) is 5.32. The van der Waals surface area contributed by atoms with E-state index in [1.807, 2.05) is 13.8 Å². The third-order valence-electron chi connectivity index (χ3n) is 2.99. The largest absolute Gasteiger partial charge is 0.376 e. The van der Waals surface area contributed by atoms with Crippen molar-refractivity contribution in [1.29, 1.82) is 0 Å². The number of hydrogen-bond acceptors (Lipinski definition) is 1. The van der Waals surface area contributed by atoms with Gasteiger partial charge in [0, 0.05) is 5.92 Å². The molecule has 1 aromatic rings. The number of rotatable bonds is 0. The minimum absolute atomic E-state index is 0.559. The summed E-state index contributed by atoms with van der Waals surface area (Å²) in [6.45, 7) is 12.3. The molecule has 0 saturated carbocycles. The zero-order valence-corrected chi connectivity index (χ0v) is 10.6. The van der Waals surface area contributed by atoms with Crippen LogP contribution < -0.4 is 0 Å². The van der Waals surface area contributed by atoms with Crippen LogP contribution in [0.3, 0.4) is 0 Å². The maximum Gasteiger partial charge on any atom is 0.0720 e. The van der Waals surface area contributed by atoms with Crippen molar-refractivity contribution in [3.8, 4) is 0 Å². The molecule has 15 heavy (non-hydrogen) atoms. The lowest BCUT2D eigenvalue weighted by Crippen LogP contribution is -2.16. The molecule has 0 bridgehead atoms. The van der Waals surface area contributed by atoms with Crippen LogP contribution in [0.25, 0.3) is 0 Å². The highest BCUT2D eigenvalue weighted by atomic mass is 16.5. The van der Waals surface area contributed by atoms with Gasteiger partial charge in [-0.05, 0) is 36.1 Å². The first-order valence-electron chi connectivity index (χ1n) is 5.87. The van der Waals surface area contributed by atoms with Crippen molar-refractivity contribution in [2.45, 2.75) is 47.1 Å². The highest BCUT2D eigenvalue weighted by Crippen LogP contribution is 2.30. The summed E-state index contributed by atoms with van der Waals surface area (Å²) in [5, 5.41) is 0. The summed E-state index contributed by atoms with van der Waals surface area (Å²) in [5.74, 6) is 0.559. The molecule has 0 N–H and O–H groups in total. The predicted molar refractivity (Wildman–Crippen MR) is 65.3 cm³/mol. The number of fused-ring (bicyclic) bond motifs is 1. The van der Waals surface area contributed by atoms with Crippen LogP contribution in [0.1, 0.15) is 48.9 Å². The summed E-state index contributed by atoms with van der Waals surface area (Å²) in [5.41, 5.74) is 5.74. The minimum atomic E-state index is 0.559. The van der Waals surface area contributed by atoms with Crippen molar-refractivity contribution in [3.05, 3.63) is 34.4 Å². The molecule has 1 atom stereocenters. The van der Waals surface area contributed by atoms with Crippen molar-refractivity contribution in [1.82, 2.24) is 0 Å². The molecule has 84 valence electrons. The fourth-order valence-electron chi connectivity index (χ4n) is 2.13. The smallest absolute Gasteiger partial charge is 0.0720 e. The van der Waals surface area contributed by atoms with E-state index in [1.54, 1.807) is 0 Å². The molecule has 0 amide bonds. The third-order valence-corrected chi connectivity index (χ3v) is 2.99. The third kappa shape index (κ3) is 2.40. The fourth-order valence-corrected chi connectivity index (χ4v) is 2.13. The number of benzene rings is 1. The zero-order chi connectivity index (χ0) is 11.4. The van der Waals surface area contributed by atoms with Crippen molar-refractivity contribution in [2.75, 3.05) is 6.61 Å². The first-order chi connectivity index (χ1) is 7.20. The summed E-state index contributed by atoms with van der Waals surface area (Å²) in [6.07, 6.45) is 0. The van der Waals surface area contributed by atoms with Crippen LogP contribution in [0.5, 0.6) is 0 Å². The van der Waals surface area contributed by atoms with E-state index in [-0.39, 0.29) is 0 Å². The van der Waals surface area contributed by atoms with Gasteiger partial charge in [0.05, 0.1) is 13.2 Å². The van der Waals surface area contributed by atoms with E-state index in [0.717, 1.165) is 13.2 Å². The molecule has 0 spiro atoms. The van der Waals surface area contributed by atoms with Crippen LogP contribution in [0.4, 0.5) is 0 Å². The lowest BCUT2D eigenvalue weighted by Gasteiger charge is -2.25. The molecule has 0 saturated heterocycles. The average Bonchev–Trinajstić information content (AvgIpc) is 2.26. The Hall–Kier alpha value is -0.820. The van der Waals surface area contributed by atoms with E-state index in [9.17, 15) is 0 Å². The summed E-state index contributed by atoms with van der Waals surface area (Å²) in [6, 6.07) is 4.39. The summed E-state index contributed by atoms with van der Waals surface area (Å²) in [7, 11) is 0. The zero-order valence-electron chi connectivity index (χ0n) is 10.6. The van der Waals surface area contributed by atoms with Gasteiger partial charge in [0.25, 0.3) is 0 Å². The molecule has 1 aliphatic rings. The van der Waals surface area contributed by atoms with Crippen LogP contribution in [-0.2, 0) is 11.3 Å². The highest BCUT2D eigenvalue weighted by Gasteiger charge is 2.19. The predicted octanol–water partition coefficient (Wildman–Crippen LogP) is 3.96. The Morgan fingerprint density at radius 1 is 1.20 bits per heavy atom. The van der Waals surface area contributed by atoms with Crippen molar-refractivity contribution in [2.24, 2.45) is 0 Å². The van der Waals surface area contributed by atoms with Crippen LogP contribution in [0.2, 0.25) is 0 Å². The van der Waals surface area contributed by atoms with E-state index in [2.05, 4.69) is 32.9 Å². The molecule has 1 heterocycles. The van der Waals surface area contributed by atoms with Gasteiger partial charge in [-0.15, -0.1) is 0 Å². The summed E-state index contributed by atoms with van der Waals surface area (Å²) >= 11 is 0. The standard InChI is InChI=1S/C12H16O.C2H6/c1-8-4-5-11-7-13-6-9(2)12(11)10(8)3;1-2/h4-5,9H,6-7H2,1-3H3;1-2H3/t9-;/m1./s1. The van der Waals surface area contributed by atoms with E-state index in [4.69, 9.17) is 4.74 Å². The molecule has 0 aliphatic carbocycles. The van der Waals surface area contributed by atoms with E-state index in [0.29, 0.717) is 5.92 Å². The Balaban J connectivity index is 0.000000531. The maximum absolute atomic E-state index is 5.50. The number of hydrogen-bond donors (Lipinski definition) is 0. The normalized spacial score (nSPS) is 18.9. The van der Waals surface area contributed by atoms with E-state index in [1.165, 1.54) is 22.3 Å². The molecule has 0 radical (unpaired) electrons. The van der Waals surface area contributed by atoms with Crippen LogP contribution in [-0.4, -0.2) is 6.61 Å². The molecule has 1 nitrogen and oxygen atoms in total. The SMILES string of the molecule is CC.Cc1ccc2c(c1C)[C@H](C)COC2. The van der Waals surface area contributed by atoms with Gasteiger partial charge in [-0.25, -0.2) is 0 Å². The van der Waals surface area contributed by atoms with Crippen LogP contribution in [0.15, 0.2) is 12.1 Å². The lowest BCUT2D eigenvalue weighted by molar-refractivity contribution is 0.0948. The Kier molecular flexibility index (Phi) is 4.34. The Morgan fingerprint density at radius 3 is 2.53 bits per heavy atom. The minimum Gasteiger partial charge on any atom is -0.376 e. The second-order valence-electron chi connectivity index (χ2n) is 4.00. The molecular weight excluding hydrogens is 184 g/mol. The number of ether oxygens (including phenoxy) is 1. The van der Waals surface area contributed by atoms with Gasteiger partial charge in [0.15, 0.2) is 0 Å². The van der Waals surface area contributed by atoms with Gasteiger partial charge in [-0.1, -0.05) is 32.9 Å². The van der Waals surface area contributed by atoms with Gasteiger partial charge in [0.2, 0.25) is 0 Å². The van der Waals surface area contributed by atoms with Gasteiger partial charge >= 0.3 is 0 Å². The molecule has 1 aromatic carbocycles. The molecule has 0 aromatic heterocycles. The van der Waals surface area contributed by atoms with E-state index < -0.39 is 0 Å². The molecule has 0 fully saturated rings. The van der Waals surface area contributed by atoms with Crippen molar-refractivity contribution in [3.63, 3.8) is 0 Å². The molecular formula is C14H22O. The Bertz CT molecular complexity index is 328. The molecule has 0 unspecified atom stereocenters. The topological polar surface area (TPSA) is 9.23 Å². The highest BCUT2D eigenvalue weighted by molar-refractivity contribution is 5.42. The lowest BCUT2D eigenvalue weighted by atomic mass is 9.88. The van der Waals surface area contributed by atoms with Gasteiger partial charge in [-0.2, -0.15) is 0 Å². The van der Waals surface area contributed by atoms with Crippen molar-refractivity contribution >= 4 is 0 Å². The first kappa shape index (κ1) is 12.3. The molecule has 1 heteroatoms. The number of aryl methyl sites for hydroxylation is 1. The average molecular weight is 206 g/mol. The van der Waals surface area contributed by atoms with Gasteiger partial charge in [0.1, 0.15) is 0 Å². The first-order valence-corrected chi connectivity index (χ1v) is 5.87. The summed E-state index contributed by atoms with van der Waals surface area (Å²) in [4.78, 5) is 0. The van der Waals surface area contributed by atoms with Crippen LogP contribution >= 0.6 is 0 Å².